The Balaban J connectivity index is 0.000000274. The maximum absolute atomic E-state index is 12.4. The summed E-state index contributed by atoms with van der Waals surface area (Å²) in [7, 11) is 3.59. The largest absolute Gasteiger partial charge is 0.457 e. The third-order valence-corrected chi connectivity index (χ3v) is 6.83. The first kappa shape index (κ1) is 32.1. The topological polar surface area (TPSA) is 108 Å². The maximum atomic E-state index is 12.4. The van der Waals surface area contributed by atoms with Crippen molar-refractivity contribution in [3.05, 3.63) is 105 Å². The number of carbonyl (C=O) groups is 1. The Morgan fingerprint density at radius 3 is 2.24 bits per heavy atom. The first-order chi connectivity index (χ1) is 20.1. The average molecular weight is 607 g/mol. The number of nitrogens with zero attached hydrogens (tertiary/aromatic N) is 6. The Bertz CT molecular complexity index is 1540. The van der Waals surface area contributed by atoms with Gasteiger partial charge in [-0.3, -0.25) is 9.48 Å². The van der Waals surface area contributed by atoms with Crippen molar-refractivity contribution < 1.29 is 9.53 Å². The summed E-state index contributed by atoms with van der Waals surface area (Å²) in [6.45, 7) is 6.82. The fraction of sp³-hybridized carbons (Fsp3) is 0.258. The zero-order valence-electron chi connectivity index (χ0n) is 24.2. The average Bonchev–Trinajstić information content (AvgIpc) is 3.28. The Hall–Kier alpha value is -4.39. The molecule has 11 heteroatoms. The number of amides is 1. The van der Waals surface area contributed by atoms with Crippen LogP contribution in [-0.2, 0) is 26.6 Å². The Morgan fingerprint density at radius 1 is 1.07 bits per heavy atom. The van der Waals surface area contributed by atoms with E-state index in [1.54, 1.807) is 32.4 Å². The van der Waals surface area contributed by atoms with Gasteiger partial charge >= 0.3 is 0 Å². The molecule has 218 valence electrons. The zero-order chi connectivity index (χ0) is 30.6. The molecule has 1 N–H and O–H groups in total. The maximum Gasteiger partial charge on any atom is 0.271 e. The van der Waals surface area contributed by atoms with Crippen molar-refractivity contribution in [1.29, 1.82) is 5.26 Å². The first-order valence-electron chi connectivity index (χ1n) is 13.2. The predicted molar refractivity (Wildman–Crippen MR) is 166 cm³/mol. The summed E-state index contributed by atoms with van der Waals surface area (Å²) < 4.78 is 7.34. The van der Waals surface area contributed by atoms with E-state index >= 15 is 0 Å². The smallest absolute Gasteiger partial charge is 0.271 e. The van der Waals surface area contributed by atoms with E-state index in [1.807, 2.05) is 80.4 Å². The molecule has 9 nitrogen and oxygen atoms in total. The number of ether oxygens (including phenoxy) is 1. The van der Waals surface area contributed by atoms with Crippen LogP contribution in [0, 0.1) is 18.4 Å². The van der Waals surface area contributed by atoms with Crippen molar-refractivity contribution in [2.24, 2.45) is 12.0 Å². The molecule has 0 fully saturated rings. The molecular weight excluding hydrogens is 573 g/mol. The second-order valence-corrected chi connectivity index (χ2v) is 10.2. The molecule has 0 radical (unpaired) electrons. The lowest BCUT2D eigenvalue weighted by molar-refractivity contribution is 0.0941. The molecule has 0 aliphatic rings. The van der Waals surface area contributed by atoms with Crippen LogP contribution < -0.4 is 10.1 Å². The molecule has 0 unspecified atom stereocenters. The molecule has 0 atom stereocenters. The number of amidine groups is 1. The van der Waals surface area contributed by atoms with E-state index in [0.29, 0.717) is 41.2 Å². The lowest BCUT2D eigenvalue weighted by atomic mass is 10.2. The van der Waals surface area contributed by atoms with E-state index in [-0.39, 0.29) is 5.91 Å². The molecule has 2 aromatic heterocycles. The van der Waals surface area contributed by atoms with Crippen molar-refractivity contribution >= 4 is 34.9 Å². The molecule has 0 saturated carbocycles. The number of hydrogen-bond donors (Lipinski definition) is 1. The molecule has 0 saturated heterocycles. The predicted octanol–water partition coefficient (Wildman–Crippen LogP) is 6.73. The highest BCUT2D eigenvalue weighted by Gasteiger charge is 2.19. The first-order valence-corrected chi connectivity index (χ1v) is 13.9. The lowest BCUT2D eigenvalue weighted by Crippen LogP contribution is -2.25. The number of carbonyl (C=O) groups excluding carboxylic acids is 1. The van der Waals surface area contributed by atoms with Crippen LogP contribution in [0.25, 0.3) is 0 Å². The van der Waals surface area contributed by atoms with Crippen LogP contribution in [0.3, 0.4) is 0 Å². The van der Waals surface area contributed by atoms with Gasteiger partial charge in [-0.25, -0.2) is 4.98 Å². The van der Waals surface area contributed by atoms with E-state index < -0.39 is 0 Å². The van der Waals surface area contributed by atoms with Crippen molar-refractivity contribution in [2.75, 3.05) is 7.05 Å². The fourth-order valence-electron chi connectivity index (χ4n) is 3.76. The van der Waals surface area contributed by atoms with Crippen LogP contribution in [0.4, 0.5) is 0 Å². The summed E-state index contributed by atoms with van der Waals surface area (Å²) in [5.41, 5.74) is 4.28. The van der Waals surface area contributed by atoms with Gasteiger partial charge in [0.05, 0.1) is 10.7 Å². The summed E-state index contributed by atoms with van der Waals surface area (Å²) in [5, 5.41) is 16.4. The molecule has 4 rings (SSSR count). The number of aryl methyl sites for hydroxylation is 3. The summed E-state index contributed by atoms with van der Waals surface area (Å²) >= 11 is 11.9. The third-order valence-electron chi connectivity index (χ3n) is 6.21. The van der Waals surface area contributed by atoms with Gasteiger partial charge in [-0.15, -0.1) is 0 Å². The van der Waals surface area contributed by atoms with Crippen molar-refractivity contribution in [3.8, 4) is 17.7 Å². The standard InChI is InChI=1S/C21H22ClN3O2.C10H11ClN4/c1-4-18-19(22)20(25(3)24-18)21(26)23-13-15-7-11-17(12-8-15)27-16-9-5-14(2)6-10-16;1-8(14-7-12)15(2)6-9-3-4-10(11)13-5-9/h5-12H,4,13H2,1-3H3,(H,23,26);3-5H,6H2,1-2H3. The van der Waals surface area contributed by atoms with Gasteiger partial charge in [0.2, 0.25) is 6.19 Å². The Labute approximate surface area is 256 Å². The summed E-state index contributed by atoms with van der Waals surface area (Å²) in [6.07, 6.45) is 4.14. The number of aliphatic imine (C=N–C) groups is 1. The van der Waals surface area contributed by atoms with Gasteiger partial charge in [0.1, 0.15) is 28.2 Å². The second-order valence-electron chi connectivity index (χ2n) is 9.43. The molecular formula is C31H33Cl2N7O2. The second kappa shape index (κ2) is 15.6. The van der Waals surface area contributed by atoms with Crippen LogP contribution in [0.15, 0.2) is 71.9 Å². The highest BCUT2D eigenvalue weighted by molar-refractivity contribution is 6.34. The minimum atomic E-state index is -0.241. The van der Waals surface area contributed by atoms with Crippen LogP contribution in [0.1, 0.15) is 46.7 Å². The summed E-state index contributed by atoms with van der Waals surface area (Å²) in [6, 6.07) is 19.1. The summed E-state index contributed by atoms with van der Waals surface area (Å²) in [5.74, 6) is 1.97. The number of aromatic nitrogens is 3. The molecule has 0 aliphatic heterocycles. The third kappa shape index (κ3) is 9.33. The molecule has 2 heterocycles. The minimum absolute atomic E-state index is 0.241. The molecule has 2 aromatic carbocycles. The number of pyridine rings is 1. The van der Waals surface area contributed by atoms with E-state index in [2.05, 4.69) is 20.4 Å². The molecule has 1 amide bonds. The van der Waals surface area contributed by atoms with Gasteiger partial charge in [-0.05, 0) is 61.7 Å². The number of rotatable bonds is 8. The molecule has 0 aliphatic carbocycles. The van der Waals surface area contributed by atoms with Crippen LogP contribution in [-0.4, -0.2) is 38.5 Å². The quantitative estimate of drug-likeness (QED) is 0.103. The van der Waals surface area contributed by atoms with Gasteiger partial charge in [-0.1, -0.05) is 66.0 Å². The van der Waals surface area contributed by atoms with E-state index in [0.717, 1.165) is 28.3 Å². The van der Waals surface area contributed by atoms with Gasteiger partial charge in [-0.2, -0.15) is 15.4 Å². The van der Waals surface area contributed by atoms with Crippen LogP contribution in [0.5, 0.6) is 11.5 Å². The van der Waals surface area contributed by atoms with Gasteiger partial charge < -0.3 is 15.0 Å². The van der Waals surface area contributed by atoms with Crippen molar-refractivity contribution in [3.63, 3.8) is 0 Å². The number of hydrogen-bond acceptors (Lipinski definition) is 6. The normalized spacial score (nSPS) is 10.8. The molecule has 4 aromatic rings. The number of nitrogens with one attached hydrogen (secondary N) is 1. The Kier molecular flexibility index (Phi) is 11.9. The minimum Gasteiger partial charge on any atom is -0.457 e. The zero-order valence-corrected chi connectivity index (χ0v) is 25.7. The highest BCUT2D eigenvalue weighted by Crippen LogP contribution is 2.23. The van der Waals surface area contributed by atoms with Gasteiger partial charge in [0.25, 0.3) is 5.91 Å². The van der Waals surface area contributed by atoms with Crippen molar-refractivity contribution in [2.45, 2.75) is 40.3 Å². The van der Waals surface area contributed by atoms with Crippen molar-refractivity contribution in [1.82, 2.24) is 25.0 Å². The highest BCUT2D eigenvalue weighted by atomic mass is 35.5. The molecule has 0 bridgehead atoms. The monoisotopic (exact) mass is 605 g/mol. The summed E-state index contributed by atoms with van der Waals surface area (Å²) in [4.78, 5) is 21.9. The van der Waals surface area contributed by atoms with E-state index in [1.165, 1.54) is 10.2 Å². The van der Waals surface area contributed by atoms with Gasteiger partial charge in [0, 0.05) is 33.4 Å². The number of nitriles is 1. The number of benzene rings is 2. The molecule has 0 spiro atoms. The van der Waals surface area contributed by atoms with E-state index in [9.17, 15) is 4.79 Å². The van der Waals surface area contributed by atoms with E-state index in [4.69, 9.17) is 33.2 Å². The van der Waals surface area contributed by atoms with Gasteiger partial charge in [0.15, 0.2) is 0 Å². The lowest BCUT2D eigenvalue weighted by Gasteiger charge is -2.17. The SMILES string of the molecule is CC(=NC#N)N(C)Cc1ccc(Cl)nc1.CCc1nn(C)c(C(=O)NCc2ccc(Oc3ccc(C)cc3)cc2)c1Cl. The number of halogens is 2. The fourth-order valence-corrected chi connectivity index (χ4v) is 4.25. The Morgan fingerprint density at radius 2 is 1.69 bits per heavy atom. The van der Waals surface area contributed by atoms with Crippen LogP contribution >= 0.6 is 23.2 Å². The molecule has 42 heavy (non-hydrogen) atoms. The van der Waals surface area contributed by atoms with Crippen LogP contribution in [0.2, 0.25) is 10.2 Å².